The average Bonchev–Trinajstić information content (AvgIpc) is 2.46. The maximum atomic E-state index is 6.41. The summed E-state index contributed by atoms with van der Waals surface area (Å²) in [5.41, 5.74) is 2.06. The molecular formula is C14H20ClNO3. The molecule has 1 aromatic rings. The van der Waals surface area contributed by atoms with Gasteiger partial charge in [-0.1, -0.05) is 18.5 Å². The second kappa shape index (κ2) is 6.46. The fourth-order valence-corrected chi connectivity index (χ4v) is 2.83. The lowest BCUT2D eigenvalue weighted by molar-refractivity contribution is 0.0270. The van der Waals surface area contributed by atoms with Gasteiger partial charge in [0.1, 0.15) is 0 Å². The number of halogens is 1. The highest BCUT2D eigenvalue weighted by Crippen LogP contribution is 2.42. The summed E-state index contributed by atoms with van der Waals surface area (Å²) in [7, 11) is 3.26. The van der Waals surface area contributed by atoms with E-state index in [1.807, 2.05) is 0 Å². The van der Waals surface area contributed by atoms with Crippen LogP contribution in [0.25, 0.3) is 0 Å². The zero-order valence-corrected chi connectivity index (χ0v) is 12.3. The minimum Gasteiger partial charge on any atom is -0.493 e. The van der Waals surface area contributed by atoms with Crippen LogP contribution in [0.5, 0.6) is 11.5 Å². The van der Waals surface area contributed by atoms with Crippen LogP contribution in [0.1, 0.15) is 24.2 Å². The molecule has 0 bridgehead atoms. The van der Waals surface area contributed by atoms with E-state index in [0.29, 0.717) is 17.4 Å². The maximum absolute atomic E-state index is 6.41. The highest BCUT2D eigenvalue weighted by atomic mass is 35.5. The fraction of sp³-hybridized carbons (Fsp3) is 0.571. The number of methoxy groups -OCH3 is 2. The van der Waals surface area contributed by atoms with Crippen molar-refractivity contribution < 1.29 is 14.2 Å². The van der Waals surface area contributed by atoms with Gasteiger partial charge < -0.3 is 19.5 Å². The standard InChI is InChI=1S/C14H20ClNO3/c1-4-9-13(12-8-16-5-6-19-12)10(15)7-11(17-2)14(9)18-3/h7,12,16H,4-6,8H2,1-3H3. The van der Waals surface area contributed by atoms with Gasteiger partial charge in [-0.2, -0.15) is 0 Å². The van der Waals surface area contributed by atoms with E-state index < -0.39 is 0 Å². The number of rotatable bonds is 4. The molecule has 1 aromatic carbocycles. The summed E-state index contributed by atoms with van der Waals surface area (Å²) in [6.45, 7) is 4.41. The second-order valence-electron chi connectivity index (χ2n) is 4.40. The molecule has 0 radical (unpaired) electrons. The summed E-state index contributed by atoms with van der Waals surface area (Å²) in [5.74, 6) is 1.41. The fourth-order valence-electron chi connectivity index (χ4n) is 2.50. The van der Waals surface area contributed by atoms with Crippen molar-refractivity contribution in [1.82, 2.24) is 5.32 Å². The Morgan fingerprint density at radius 2 is 2.21 bits per heavy atom. The quantitative estimate of drug-likeness (QED) is 0.923. The zero-order valence-electron chi connectivity index (χ0n) is 11.6. The normalized spacial score (nSPS) is 19.3. The SMILES string of the molecule is CCc1c(OC)c(OC)cc(Cl)c1C1CNCCO1. The molecule has 106 valence electrons. The molecule has 1 saturated heterocycles. The highest BCUT2D eigenvalue weighted by Gasteiger charge is 2.25. The van der Waals surface area contributed by atoms with Crippen LogP contribution in [-0.4, -0.2) is 33.9 Å². The van der Waals surface area contributed by atoms with E-state index in [1.54, 1.807) is 20.3 Å². The molecule has 0 aliphatic carbocycles. The Morgan fingerprint density at radius 1 is 1.42 bits per heavy atom. The van der Waals surface area contributed by atoms with Gasteiger partial charge in [-0.25, -0.2) is 0 Å². The van der Waals surface area contributed by atoms with Crippen LogP contribution >= 0.6 is 11.6 Å². The predicted molar refractivity (Wildman–Crippen MR) is 75.5 cm³/mol. The molecule has 1 aliphatic heterocycles. The average molecular weight is 286 g/mol. The third-order valence-electron chi connectivity index (χ3n) is 3.37. The molecule has 1 unspecified atom stereocenters. The number of hydrogen-bond donors (Lipinski definition) is 1. The van der Waals surface area contributed by atoms with Gasteiger partial charge in [0.05, 0.1) is 32.0 Å². The molecule has 1 atom stereocenters. The van der Waals surface area contributed by atoms with Crippen LogP contribution in [0.2, 0.25) is 5.02 Å². The summed E-state index contributed by atoms with van der Waals surface area (Å²) >= 11 is 6.41. The van der Waals surface area contributed by atoms with E-state index in [1.165, 1.54) is 0 Å². The van der Waals surface area contributed by atoms with E-state index in [2.05, 4.69) is 12.2 Å². The molecule has 0 saturated carbocycles. The minimum atomic E-state index is -0.0315. The Bertz CT molecular complexity index is 445. The van der Waals surface area contributed by atoms with Crippen molar-refractivity contribution in [3.8, 4) is 11.5 Å². The van der Waals surface area contributed by atoms with Crippen LogP contribution in [0.15, 0.2) is 6.07 Å². The summed E-state index contributed by atoms with van der Waals surface area (Å²) in [5, 5.41) is 3.99. The molecule has 1 aliphatic rings. The first-order chi connectivity index (χ1) is 9.22. The van der Waals surface area contributed by atoms with Crippen molar-refractivity contribution in [2.24, 2.45) is 0 Å². The van der Waals surface area contributed by atoms with Crippen molar-refractivity contribution in [1.29, 1.82) is 0 Å². The van der Waals surface area contributed by atoms with Gasteiger partial charge in [0.15, 0.2) is 11.5 Å². The monoisotopic (exact) mass is 285 g/mol. The van der Waals surface area contributed by atoms with E-state index in [0.717, 1.165) is 36.4 Å². The number of benzene rings is 1. The molecule has 1 N–H and O–H groups in total. The molecular weight excluding hydrogens is 266 g/mol. The molecule has 2 rings (SSSR count). The van der Waals surface area contributed by atoms with E-state index in [9.17, 15) is 0 Å². The summed E-state index contributed by atoms with van der Waals surface area (Å²) in [4.78, 5) is 0. The van der Waals surface area contributed by atoms with Crippen molar-refractivity contribution in [2.75, 3.05) is 33.9 Å². The first kappa shape index (κ1) is 14.4. The van der Waals surface area contributed by atoms with Crippen LogP contribution < -0.4 is 14.8 Å². The van der Waals surface area contributed by atoms with Crippen LogP contribution in [0.3, 0.4) is 0 Å². The van der Waals surface area contributed by atoms with Gasteiger partial charge in [0, 0.05) is 30.3 Å². The molecule has 0 spiro atoms. The van der Waals surface area contributed by atoms with Gasteiger partial charge in [0.2, 0.25) is 0 Å². The number of morpholine rings is 1. The van der Waals surface area contributed by atoms with Gasteiger partial charge in [-0.15, -0.1) is 0 Å². The third-order valence-corrected chi connectivity index (χ3v) is 3.68. The molecule has 4 nitrogen and oxygen atoms in total. The first-order valence-corrected chi connectivity index (χ1v) is 6.86. The van der Waals surface area contributed by atoms with E-state index in [-0.39, 0.29) is 6.10 Å². The molecule has 19 heavy (non-hydrogen) atoms. The Hall–Kier alpha value is -0.970. The van der Waals surface area contributed by atoms with E-state index >= 15 is 0 Å². The summed E-state index contributed by atoms with van der Waals surface area (Å²) in [6.07, 6.45) is 0.783. The maximum Gasteiger partial charge on any atom is 0.164 e. The van der Waals surface area contributed by atoms with Gasteiger partial charge in [0.25, 0.3) is 0 Å². The Labute approximate surface area is 119 Å². The smallest absolute Gasteiger partial charge is 0.164 e. The Morgan fingerprint density at radius 3 is 2.74 bits per heavy atom. The molecule has 0 aromatic heterocycles. The first-order valence-electron chi connectivity index (χ1n) is 6.48. The lowest BCUT2D eigenvalue weighted by Crippen LogP contribution is -2.34. The van der Waals surface area contributed by atoms with Crippen LogP contribution in [-0.2, 0) is 11.2 Å². The van der Waals surface area contributed by atoms with Crippen molar-refractivity contribution >= 4 is 11.6 Å². The molecule has 0 amide bonds. The lowest BCUT2D eigenvalue weighted by atomic mass is 9.97. The van der Waals surface area contributed by atoms with Crippen molar-refractivity contribution in [3.63, 3.8) is 0 Å². The van der Waals surface area contributed by atoms with Crippen LogP contribution in [0, 0.1) is 0 Å². The second-order valence-corrected chi connectivity index (χ2v) is 4.81. The topological polar surface area (TPSA) is 39.7 Å². The Kier molecular flexibility index (Phi) is 4.91. The molecule has 5 heteroatoms. The summed E-state index contributed by atoms with van der Waals surface area (Å²) in [6, 6.07) is 1.80. The lowest BCUT2D eigenvalue weighted by Gasteiger charge is -2.28. The van der Waals surface area contributed by atoms with Crippen molar-refractivity contribution in [2.45, 2.75) is 19.4 Å². The van der Waals surface area contributed by atoms with Crippen molar-refractivity contribution in [3.05, 3.63) is 22.2 Å². The van der Waals surface area contributed by atoms with Gasteiger partial charge >= 0.3 is 0 Å². The van der Waals surface area contributed by atoms with Crippen LogP contribution in [0.4, 0.5) is 0 Å². The van der Waals surface area contributed by atoms with E-state index in [4.69, 9.17) is 25.8 Å². The number of ether oxygens (including phenoxy) is 3. The molecule has 1 fully saturated rings. The zero-order chi connectivity index (χ0) is 13.8. The highest BCUT2D eigenvalue weighted by molar-refractivity contribution is 6.31. The summed E-state index contributed by atoms with van der Waals surface area (Å²) < 4.78 is 16.6. The van der Waals surface area contributed by atoms with Gasteiger partial charge in [-0.3, -0.25) is 0 Å². The molecule has 1 heterocycles. The predicted octanol–water partition coefficient (Wildman–Crippen LogP) is 2.58. The number of nitrogens with one attached hydrogen (secondary N) is 1. The number of hydrogen-bond acceptors (Lipinski definition) is 4. The Balaban J connectivity index is 2.51. The van der Waals surface area contributed by atoms with Gasteiger partial charge in [-0.05, 0) is 6.42 Å². The minimum absolute atomic E-state index is 0.0315. The third kappa shape index (κ3) is 2.81. The largest absolute Gasteiger partial charge is 0.493 e.